The number of rotatable bonds is 5. The molecule has 0 aromatic carbocycles. The molecule has 2 fully saturated rings. The van der Waals surface area contributed by atoms with Crippen LogP contribution >= 0.6 is 0 Å². The Morgan fingerprint density at radius 3 is 2.37 bits per heavy atom. The van der Waals surface area contributed by atoms with Gasteiger partial charge in [-0.15, -0.1) is 0 Å². The molecule has 19 heavy (non-hydrogen) atoms. The molecule has 0 aliphatic heterocycles. The van der Waals surface area contributed by atoms with E-state index < -0.39 is 0 Å². The van der Waals surface area contributed by atoms with E-state index in [1.807, 2.05) is 0 Å². The lowest BCUT2D eigenvalue weighted by atomic mass is 9.69. The minimum atomic E-state index is 0.527. The molecule has 0 heterocycles. The van der Waals surface area contributed by atoms with Crippen LogP contribution in [0.15, 0.2) is 11.6 Å². The second-order valence-electron chi connectivity index (χ2n) is 6.91. The zero-order valence-corrected chi connectivity index (χ0v) is 12.7. The van der Waals surface area contributed by atoms with Crippen LogP contribution in [-0.2, 0) is 4.74 Å². The van der Waals surface area contributed by atoms with Crippen molar-refractivity contribution in [3.63, 3.8) is 0 Å². The number of allylic oxidation sites excluding steroid dienone is 1. The van der Waals surface area contributed by atoms with E-state index in [1.165, 1.54) is 51.4 Å². The predicted octanol–water partition coefficient (Wildman–Crippen LogP) is 4.96. The largest absolute Gasteiger partial charge is 0.378 e. The van der Waals surface area contributed by atoms with Crippen LogP contribution in [0.5, 0.6) is 0 Å². The second-order valence-corrected chi connectivity index (χ2v) is 6.91. The molecular weight excluding hydrogens is 232 g/mol. The first-order valence-corrected chi connectivity index (χ1v) is 8.64. The highest BCUT2D eigenvalue weighted by Gasteiger charge is 2.45. The summed E-state index contributed by atoms with van der Waals surface area (Å²) < 4.78 is 6.21. The van der Waals surface area contributed by atoms with Gasteiger partial charge in [-0.1, -0.05) is 44.3 Å². The van der Waals surface area contributed by atoms with E-state index in [2.05, 4.69) is 19.9 Å². The minimum Gasteiger partial charge on any atom is -0.378 e. The maximum Gasteiger partial charge on any atom is 0.0648 e. The van der Waals surface area contributed by atoms with E-state index in [9.17, 15) is 0 Å². The summed E-state index contributed by atoms with van der Waals surface area (Å²) in [6, 6.07) is 0. The van der Waals surface area contributed by atoms with E-state index in [-0.39, 0.29) is 0 Å². The van der Waals surface area contributed by atoms with E-state index in [4.69, 9.17) is 4.74 Å². The van der Waals surface area contributed by atoms with E-state index in [0.29, 0.717) is 6.10 Å². The van der Waals surface area contributed by atoms with Crippen LogP contribution in [0.3, 0.4) is 0 Å². The summed E-state index contributed by atoms with van der Waals surface area (Å²) in [5, 5.41) is 0. The van der Waals surface area contributed by atoms with Gasteiger partial charge in [-0.25, -0.2) is 0 Å². The van der Waals surface area contributed by atoms with Crippen molar-refractivity contribution in [2.24, 2.45) is 23.7 Å². The van der Waals surface area contributed by atoms with Crippen LogP contribution < -0.4 is 0 Å². The van der Waals surface area contributed by atoms with Gasteiger partial charge < -0.3 is 4.74 Å². The first kappa shape index (κ1) is 13.7. The van der Waals surface area contributed by atoms with Crippen molar-refractivity contribution < 1.29 is 4.74 Å². The van der Waals surface area contributed by atoms with Crippen LogP contribution in [0.1, 0.15) is 65.2 Å². The summed E-state index contributed by atoms with van der Waals surface area (Å²) in [4.78, 5) is 0. The second kappa shape index (κ2) is 5.99. The van der Waals surface area contributed by atoms with E-state index >= 15 is 0 Å². The molecule has 2 saturated carbocycles. The van der Waals surface area contributed by atoms with Crippen LogP contribution in [-0.4, -0.2) is 12.7 Å². The molecule has 1 unspecified atom stereocenters. The third-order valence-electron chi connectivity index (χ3n) is 5.71. The molecule has 0 bridgehead atoms. The lowest BCUT2D eigenvalue weighted by Gasteiger charge is -2.41. The molecule has 0 spiro atoms. The number of ether oxygens (including phenoxy) is 1. The van der Waals surface area contributed by atoms with Crippen molar-refractivity contribution in [2.45, 2.75) is 71.3 Å². The Balaban J connectivity index is 1.82. The first-order valence-electron chi connectivity index (χ1n) is 8.64. The summed E-state index contributed by atoms with van der Waals surface area (Å²) in [5.41, 5.74) is 1.67. The Morgan fingerprint density at radius 2 is 1.79 bits per heavy atom. The maximum absolute atomic E-state index is 6.21. The molecule has 3 rings (SSSR count). The van der Waals surface area contributed by atoms with Crippen LogP contribution in [0.4, 0.5) is 0 Å². The molecule has 0 N–H and O–H groups in total. The number of hydrogen-bond acceptors (Lipinski definition) is 1. The van der Waals surface area contributed by atoms with Gasteiger partial charge in [-0.05, 0) is 56.3 Å². The summed E-state index contributed by atoms with van der Waals surface area (Å²) >= 11 is 0. The average molecular weight is 262 g/mol. The summed E-state index contributed by atoms with van der Waals surface area (Å²) in [6.07, 6.45) is 14.4. The third-order valence-corrected chi connectivity index (χ3v) is 5.71. The van der Waals surface area contributed by atoms with Gasteiger partial charge in [-0.2, -0.15) is 0 Å². The van der Waals surface area contributed by atoms with Gasteiger partial charge in [-0.3, -0.25) is 0 Å². The average Bonchev–Trinajstić information content (AvgIpc) is 3.14. The van der Waals surface area contributed by atoms with Crippen molar-refractivity contribution >= 4 is 0 Å². The predicted molar refractivity (Wildman–Crippen MR) is 80.1 cm³/mol. The highest BCUT2D eigenvalue weighted by Crippen LogP contribution is 2.51. The Hall–Kier alpha value is -0.300. The van der Waals surface area contributed by atoms with Gasteiger partial charge in [0.2, 0.25) is 0 Å². The molecule has 3 aliphatic rings. The Kier molecular flexibility index (Phi) is 4.31. The molecule has 0 radical (unpaired) electrons. The smallest absolute Gasteiger partial charge is 0.0648 e. The maximum atomic E-state index is 6.21. The monoisotopic (exact) mass is 262 g/mol. The standard InChI is InChI=1S/C18H30O/c1-3-13-11-16(14-9-10-14)18(15-7-5-6-8-15)17(12-13)19-4-2/h11,14-18H,3-10,12H2,1-2H3/t16-,17-,18?/m1/s1. The SMILES string of the molecule is CCO[C@@H]1CC(CC)=C[C@H](C2CC2)C1C1CCCC1. The third kappa shape index (κ3) is 2.91. The Bertz CT molecular complexity index is 323. The quantitative estimate of drug-likeness (QED) is 0.636. The van der Waals surface area contributed by atoms with Gasteiger partial charge in [0.1, 0.15) is 0 Å². The van der Waals surface area contributed by atoms with Crippen LogP contribution in [0, 0.1) is 23.7 Å². The van der Waals surface area contributed by atoms with Crippen molar-refractivity contribution in [1.82, 2.24) is 0 Å². The molecule has 0 amide bonds. The molecule has 0 saturated heterocycles. The van der Waals surface area contributed by atoms with Crippen LogP contribution in [0.2, 0.25) is 0 Å². The molecule has 3 atom stereocenters. The van der Waals surface area contributed by atoms with Gasteiger partial charge in [0.05, 0.1) is 6.10 Å². The van der Waals surface area contributed by atoms with Crippen LogP contribution in [0.25, 0.3) is 0 Å². The van der Waals surface area contributed by atoms with Crippen molar-refractivity contribution in [3.8, 4) is 0 Å². The molecule has 1 heteroatoms. The van der Waals surface area contributed by atoms with Crippen molar-refractivity contribution in [1.29, 1.82) is 0 Å². The molecule has 3 aliphatic carbocycles. The molecule has 0 aromatic heterocycles. The summed E-state index contributed by atoms with van der Waals surface area (Å²) in [7, 11) is 0. The molecule has 1 nitrogen and oxygen atoms in total. The van der Waals surface area contributed by atoms with Crippen molar-refractivity contribution in [2.75, 3.05) is 6.61 Å². The van der Waals surface area contributed by atoms with E-state index in [0.717, 1.165) is 30.3 Å². The highest BCUT2D eigenvalue weighted by atomic mass is 16.5. The van der Waals surface area contributed by atoms with Gasteiger partial charge in [0.15, 0.2) is 0 Å². The fraction of sp³-hybridized carbons (Fsp3) is 0.889. The van der Waals surface area contributed by atoms with Crippen molar-refractivity contribution in [3.05, 3.63) is 11.6 Å². The lowest BCUT2D eigenvalue weighted by Crippen LogP contribution is -2.39. The summed E-state index contributed by atoms with van der Waals surface area (Å²) in [5.74, 6) is 3.64. The van der Waals surface area contributed by atoms with Gasteiger partial charge >= 0.3 is 0 Å². The molecule has 0 aromatic rings. The normalized spacial score (nSPS) is 36.5. The van der Waals surface area contributed by atoms with Gasteiger partial charge in [0.25, 0.3) is 0 Å². The fourth-order valence-electron chi connectivity index (χ4n) is 4.63. The highest BCUT2D eigenvalue weighted by molar-refractivity contribution is 5.16. The first-order chi connectivity index (χ1) is 9.33. The summed E-state index contributed by atoms with van der Waals surface area (Å²) in [6.45, 7) is 5.37. The van der Waals surface area contributed by atoms with E-state index in [1.54, 1.807) is 5.57 Å². The zero-order valence-electron chi connectivity index (χ0n) is 12.7. The molecule has 108 valence electrons. The number of hydrogen-bond donors (Lipinski definition) is 0. The minimum absolute atomic E-state index is 0.527. The topological polar surface area (TPSA) is 9.23 Å². The molecular formula is C18H30O. The zero-order chi connectivity index (χ0) is 13.2. The Morgan fingerprint density at radius 1 is 1.05 bits per heavy atom. The lowest BCUT2D eigenvalue weighted by molar-refractivity contribution is -0.0260. The van der Waals surface area contributed by atoms with Gasteiger partial charge in [0, 0.05) is 6.61 Å². The Labute approximate surface area is 118 Å². The fourth-order valence-corrected chi connectivity index (χ4v) is 4.63.